The molecule has 1 N–H and O–H groups in total. The van der Waals surface area contributed by atoms with Crippen molar-refractivity contribution in [3.8, 4) is 0 Å². The molecule has 1 saturated carbocycles. The van der Waals surface area contributed by atoms with Crippen molar-refractivity contribution in [3.05, 3.63) is 29.3 Å². The Balaban J connectivity index is 1.84. The number of nitrogens with one attached hydrogen (secondary N) is 1. The summed E-state index contributed by atoms with van der Waals surface area (Å²) in [6.07, 6.45) is 2.32. The molecule has 3 rings (SSSR count). The molecule has 0 unspecified atom stereocenters. The quantitative estimate of drug-likeness (QED) is 0.924. The van der Waals surface area contributed by atoms with E-state index < -0.39 is 17.2 Å². The average Bonchev–Trinajstić information content (AvgIpc) is 3.21. The van der Waals surface area contributed by atoms with Gasteiger partial charge in [0.15, 0.2) is 0 Å². The first kappa shape index (κ1) is 14.7. The molecule has 0 bridgehead atoms. The fraction of sp³-hybridized carbons (Fsp3) is 0.625. The molecule has 1 aromatic rings. The van der Waals surface area contributed by atoms with Crippen LogP contribution in [0.5, 0.6) is 0 Å². The minimum Gasteiger partial charge on any atom is -0.377 e. The molecule has 2 fully saturated rings. The summed E-state index contributed by atoms with van der Waals surface area (Å²) in [6.45, 7) is 5.86. The van der Waals surface area contributed by atoms with Crippen LogP contribution in [0.4, 0.5) is 14.5 Å². The molecule has 1 aliphatic carbocycles. The van der Waals surface area contributed by atoms with E-state index in [0.717, 1.165) is 12.8 Å². The topological polar surface area (TPSA) is 24.5 Å². The van der Waals surface area contributed by atoms with Crippen LogP contribution in [-0.4, -0.2) is 31.3 Å². The molecule has 116 valence electrons. The van der Waals surface area contributed by atoms with E-state index in [0.29, 0.717) is 37.9 Å². The van der Waals surface area contributed by atoms with Gasteiger partial charge in [-0.3, -0.25) is 0 Å². The summed E-state index contributed by atoms with van der Waals surface area (Å²) in [4.78, 5) is 1.78. The first-order valence-corrected chi connectivity index (χ1v) is 7.54. The van der Waals surface area contributed by atoms with Crippen molar-refractivity contribution in [2.45, 2.75) is 44.8 Å². The summed E-state index contributed by atoms with van der Waals surface area (Å²) in [5.41, 5.74) is 0.318. The van der Waals surface area contributed by atoms with Gasteiger partial charge in [0, 0.05) is 19.1 Å². The molecule has 0 spiro atoms. The molecular weight excluding hydrogens is 274 g/mol. The maximum absolute atomic E-state index is 14.4. The molecule has 3 nitrogen and oxygen atoms in total. The highest BCUT2D eigenvalue weighted by molar-refractivity contribution is 5.53. The number of morpholine rings is 1. The highest BCUT2D eigenvalue weighted by Gasteiger charge is 2.34. The Bertz CT molecular complexity index is 506. The van der Waals surface area contributed by atoms with Crippen molar-refractivity contribution in [2.24, 2.45) is 0 Å². The molecule has 1 saturated heterocycles. The lowest BCUT2D eigenvalue weighted by molar-refractivity contribution is 0.0635. The van der Waals surface area contributed by atoms with Crippen molar-refractivity contribution in [1.82, 2.24) is 5.32 Å². The minimum atomic E-state index is -0.488. The Labute approximate surface area is 124 Å². The van der Waals surface area contributed by atoms with Gasteiger partial charge in [0.2, 0.25) is 0 Å². The third kappa shape index (κ3) is 3.19. The van der Waals surface area contributed by atoms with Gasteiger partial charge in [0.25, 0.3) is 0 Å². The van der Waals surface area contributed by atoms with Gasteiger partial charge in [0.05, 0.1) is 18.8 Å². The zero-order valence-electron chi connectivity index (χ0n) is 12.6. The summed E-state index contributed by atoms with van der Waals surface area (Å²) < 4.78 is 34.3. The van der Waals surface area contributed by atoms with Crippen LogP contribution in [-0.2, 0) is 11.3 Å². The van der Waals surface area contributed by atoms with Crippen LogP contribution in [0, 0.1) is 11.6 Å². The Morgan fingerprint density at radius 1 is 1.29 bits per heavy atom. The van der Waals surface area contributed by atoms with Gasteiger partial charge >= 0.3 is 0 Å². The maximum atomic E-state index is 14.4. The average molecular weight is 296 g/mol. The molecular formula is C16H22F2N2O. The zero-order chi connectivity index (χ0) is 15.0. The van der Waals surface area contributed by atoms with E-state index in [2.05, 4.69) is 5.32 Å². The third-order valence-corrected chi connectivity index (χ3v) is 4.16. The van der Waals surface area contributed by atoms with Gasteiger partial charge in [-0.2, -0.15) is 0 Å². The summed E-state index contributed by atoms with van der Waals surface area (Å²) in [5.74, 6) is -0.977. The van der Waals surface area contributed by atoms with Crippen LogP contribution < -0.4 is 10.2 Å². The van der Waals surface area contributed by atoms with E-state index >= 15 is 0 Å². The number of benzene rings is 1. The predicted octanol–water partition coefficient (Wildman–Crippen LogP) is 2.83. The highest BCUT2D eigenvalue weighted by atomic mass is 19.1. The van der Waals surface area contributed by atoms with Crippen LogP contribution >= 0.6 is 0 Å². The summed E-state index contributed by atoms with van der Waals surface area (Å²) in [6, 6.07) is 3.41. The molecule has 1 aromatic carbocycles. The van der Waals surface area contributed by atoms with Crippen molar-refractivity contribution >= 4 is 5.69 Å². The lowest BCUT2D eigenvalue weighted by Gasteiger charge is -2.44. The number of halogens is 2. The third-order valence-electron chi connectivity index (χ3n) is 4.16. The van der Waals surface area contributed by atoms with Crippen LogP contribution in [0.1, 0.15) is 32.3 Å². The maximum Gasteiger partial charge on any atom is 0.149 e. The molecule has 5 heteroatoms. The first-order chi connectivity index (χ1) is 9.97. The summed E-state index contributed by atoms with van der Waals surface area (Å²) in [7, 11) is 0. The van der Waals surface area contributed by atoms with E-state index in [1.54, 1.807) is 4.90 Å². The molecule has 0 amide bonds. The largest absolute Gasteiger partial charge is 0.377 e. The second kappa shape index (κ2) is 5.54. The van der Waals surface area contributed by atoms with Crippen LogP contribution in [0.15, 0.2) is 12.1 Å². The lowest BCUT2D eigenvalue weighted by atomic mass is 10.0. The number of ether oxygens (including phenoxy) is 1. The van der Waals surface area contributed by atoms with E-state index in [-0.39, 0.29) is 5.69 Å². The smallest absolute Gasteiger partial charge is 0.149 e. The van der Waals surface area contributed by atoms with E-state index in [4.69, 9.17) is 4.74 Å². The van der Waals surface area contributed by atoms with Crippen molar-refractivity contribution < 1.29 is 13.5 Å². The molecule has 0 atom stereocenters. The second-order valence-corrected chi connectivity index (χ2v) is 6.58. The van der Waals surface area contributed by atoms with Gasteiger partial charge in [-0.15, -0.1) is 0 Å². The molecule has 1 aliphatic heterocycles. The Hall–Kier alpha value is -1.20. The van der Waals surface area contributed by atoms with Crippen LogP contribution in [0.25, 0.3) is 0 Å². The molecule has 0 radical (unpaired) electrons. The number of hydrogen-bond donors (Lipinski definition) is 1. The fourth-order valence-corrected chi connectivity index (χ4v) is 2.80. The van der Waals surface area contributed by atoms with E-state index in [1.165, 1.54) is 12.1 Å². The van der Waals surface area contributed by atoms with Crippen molar-refractivity contribution in [1.29, 1.82) is 0 Å². The normalized spacial score (nSPS) is 21.6. The zero-order valence-corrected chi connectivity index (χ0v) is 12.6. The Kier molecular flexibility index (Phi) is 3.88. The van der Waals surface area contributed by atoms with E-state index in [9.17, 15) is 8.78 Å². The molecule has 21 heavy (non-hydrogen) atoms. The number of anilines is 1. The molecule has 0 aromatic heterocycles. The van der Waals surface area contributed by atoms with Crippen LogP contribution in [0.3, 0.4) is 0 Å². The van der Waals surface area contributed by atoms with Crippen LogP contribution in [0.2, 0.25) is 0 Å². The minimum absolute atomic E-state index is 0.0680. The van der Waals surface area contributed by atoms with Gasteiger partial charge < -0.3 is 15.0 Å². The monoisotopic (exact) mass is 296 g/mol. The van der Waals surface area contributed by atoms with Crippen molar-refractivity contribution in [2.75, 3.05) is 24.7 Å². The van der Waals surface area contributed by atoms with Gasteiger partial charge in [0.1, 0.15) is 17.3 Å². The number of hydrogen-bond acceptors (Lipinski definition) is 3. The molecule has 1 heterocycles. The van der Waals surface area contributed by atoms with Crippen molar-refractivity contribution in [3.63, 3.8) is 0 Å². The standard InChI is InChI=1S/C16H22F2N2O/c1-16(2)10-21-6-5-20(16)15-13(17)7-11(8-14(15)18)9-19-12-3-4-12/h7-8,12,19H,3-6,9-10H2,1-2H3. The SMILES string of the molecule is CC1(C)COCCN1c1c(F)cc(CNC2CC2)cc1F. The first-order valence-electron chi connectivity index (χ1n) is 7.54. The van der Waals surface area contributed by atoms with Gasteiger partial charge in [-0.1, -0.05) is 0 Å². The Morgan fingerprint density at radius 2 is 1.95 bits per heavy atom. The predicted molar refractivity (Wildman–Crippen MR) is 78.5 cm³/mol. The van der Waals surface area contributed by atoms with Gasteiger partial charge in [-0.25, -0.2) is 8.78 Å². The highest BCUT2D eigenvalue weighted by Crippen LogP contribution is 2.32. The number of rotatable bonds is 4. The fourth-order valence-electron chi connectivity index (χ4n) is 2.80. The summed E-state index contributed by atoms with van der Waals surface area (Å²) in [5, 5.41) is 3.28. The number of nitrogens with zero attached hydrogens (tertiary/aromatic N) is 1. The van der Waals surface area contributed by atoms with Gasteiger partial charge in [-0.05, 0) is 44.4 Å². The Morgan fingerprint density at radius 3 is 2.52 bits per heavy atom. The lowest BCUT2D eigenvalue weighted by Crippen LogP contribution is -2.53. The molecule has 2 aliphatic rings. The van der Waals surface area contributed by atoms with E-state index in [1.807, 2.05) is 13.8 Å². The summed E-state index contributed by atoms with van der Waals surface area (Å²) >= 11 is 0. The second-order valence-electron chi connectivity index (χ2n) is 6.58.